The third kappa shape index (κ3) is 2.39. The lowest BCUT2D eigenvalue weighted by Crippen LogP contribution is -2.11. The molecule has 1 aromatic heterocycles. The number of carbonyl (C=O) groups excluding carboxylic acids is 1. The van der Waals surface area contributed by atoms with Gasteiger partial charge in [0.15, 0.2) is 0 Å². The summed E-state index contributed by atoms with van der Waals surface area (Å²) in [6.07, 6.45) is 0. The van der Waals surface area contributed by atoms with Crippen molar-refractivity contribution in [2.45, 2.75) is 6.92 Å². The van der Waals surface area contributed by atoms with E-state index in [4.69, 9.17) is 5.73 Å². The summed E-state index contributed by atoms with van der Waals surface area (Å²) in [7, 11) is 0. The van der Waals surface area contributed by atoms with Crippen molar-refractivity contribution in [2.75, 3.05) is 5.73 Å². The van der Waals surface area contributed by atoms with Crippen molar-refractivity contribution in [2.24, 2.45) is 0 Å². The van der Waals surface area contributed by atoms with Crippen molar-refractivity contribution in [1.82, 2.24) is 4.57 Å². The normalized spacial score (nSPS) is 10.3. The van der Waals surface area contributed by atoms with Gasteiger partial charge < -0.3 is 10.3 Å². The monoisotopic (exact) mass is 301 g/mol. The summed E-state index contributed by atoms with van der Waals surface area (Å²) < 4.78 is 1.75. The third-order valence-electron chi connectivity index (χ3n) is 3.82. The maximum absolute atomic E-state index is 12.9. The van der Waals surface area contributed by atoms with Crippen LogP contribution in [0.3, 0.4) is 0 Å². The summed E-state index contributed by atoms with van der Waals surface area (Å²) in [6, 6.07) is 20.5. The standard InChI is InChI=1S/C19H15N3O/c1-13-16(12-20)17(21)18(19(23)14-8-4-2-5-9-14)22(13)15-10-6-3-7-11-15/h2-11H,21H2,1H3. The molecule has 23 heavy (non-hydrogen) atoms. The van der Waals surface area contributed by atoms with Crippen LogP contribution in [0, 0.1) is 18.3 Å². The number of rotatable bonds is 3. The number of carbonyl (C=O) groups is 1. The Bertz CT molecular complexity index is 903. The molecule has 0 aliphatic carbocycles. The third-order valence-corrected chi connectivity index (χ3v) is 3.82. The molecule has 0 bridgehead atoms. The summed E-state index contributed by atoms with van der Waals surface area (Å²) in [5, 5.41) is 9.38. The number of nitriles is 1. The van der Waals surface area contributed by atoms with Crippen molar-refractivity contribution in [1.29, 1.82) is 5.26 Å². The molecule has 2 aromatic carbocycles. The Morgan fingerprint density at radius 3 is 2.17 bits per heavy atom. The number of para-hydroxylation sites is 1. The van der Waals surface area contributed by atoms with Gasteiger partial charge >= 0.3 is 0 Å². The Kier molecular flexibility index (Phi) is 3.70. The molecule has 0 saturated carbocycles. The topological polar surface area (TPSA) is 71.8 Å². The smallest absolute Gasteiger partial charge is 0.211 e. The van der Waals surface area contributed by atoms with Gasteiger partial charge in [-0.2, -0.15) is 5.26 Å². The van der Waals surface area contributed by atoms with Gasteiger partial charge in [-0.05, 0) is 19.1 Å². The average Bonchev–Trinajstić information content (AvgIpc) is 2.85. The predicted octanol–water partition coefficient (Wildman–Crippen LogP) is 3.47. The molecule has 0 radical (unpaired) electrons. The van der Waals surface area contributed by atoms with Gasteiger partial charge in [-0.25, -0.2) is 0 Å². The van der Waals surface area contributed by atoms with E-state index in [9.17, 15) is 10.1 Å². The zero-order valence-electron chi connectivity index (χ0n) is 12.7. The summed E-state index contributed by atoms with van der Waals surface area (Å²) in [5.74, 6) is -0.198. The first-order chi connectivity index (χ1) is 11.1. The van der Waals surface area contributed by atoms with E-state index in [0.717, 1.165) is 5.69 Å². The van der Waals surface area contributed by atoms with Crippen LogP contribution in [0.1, 0.15) is 27.3 Å². The minimum atomic E-state index is -0.198. The van der Waals surface area contributed by atoms with Crippen molar-refractivity contribution >= 4 is 11.5 Å². The van der Waals surface area contributed by atoms with Crippen LogP contribution in [0.2, 0.25) is 0 Å². The minimum absolute atomic E-state index is 0.198. The molecule has 0 saturated heterocycles. The van der Waals surface area contributed by atoms with Crippen LogP contribution in [0.15, 0.2) is 60.7 Å². The molecule has 3 rings (SSSR count). The van der Waals surface area contributed by atoms with E-state index in [1.54, 1.807) is 35.8 Å². The van der Waals surface area contributed by atoms with Gasteiger partial charge in [-0.3, -0.25) is 4.79 Å². The van der Waals surface area contributed by atoms with E-state index in [2.05, 4.69) is 6.07 Å². The molecule has 0 fully saturated rings. The van der Waals surface area contributed by atoms with E-state index < -0.39 is 0 Å². The van der Waals surface area contributed by atoms with Crippen LogP contribution in [0.25, 0.3) is 5.69 Å². The van der Waals surface area contributed by atoms with Gasteiger partial charge in [0.05, 0.1) is 11.3 Å². The van der Waals surface area contributed by atoms with Crippen molar-refractivity contribution in [3.63, 3.8) is 0 Å². The summed E-state index contributed by atoms with van der Waals surface area (Å²) >= 11 is 0. The van der Waals surface area contributed by atoms with Crippen LogP contribution in [0.4, 0.5) is 5.69 Å². The van der Waals surface area contributed by atoms with E-state index in [1.807, 2.05) is 36.4 Å². The zero-order valence-corrected chi connectivity index (χ0v) is 12.7. The SMILES string of the molecule is Cc1c(C#N)c(N)c(C(=O)c2ccccc2)n1-c1ccccc1. The fraction of sp³-hybridized carbons (Fsp3) is 0.0526. The molecule has 0 atom stereocenters. The molecule has 4 heteroatoms. The van der Waals surface area contributed by atoms with Crippen LogP contribution >= 0.6 is 0 Å². The highest BCUT2D eigenvalue weighted by atomic mass is 16.1. The molecule has 2 N–H and O–H groups in total. The van der Waals surface area contributed by atoms with E-state index in [-0.39, 0.29) is 11.5 Å². The van der Waals surface area contributed by atoms with Crippen LogP contribution < -0.4 is 5.73 Å². The van der Waals surface area contributed by atoms with Gasteiger partial charge in [0.1, 0.15) is 11.8 Å². The number of anilines is 1. The molecule has 112 valence electrons. The lowest BCUT2D eigenvalue weighted by Gasteiger charge is -2.11. The molecule has 0 amide bonds. The second-order valence-corrected chi connectivity index (χ2v) is 5.20. The van der Waals surface area contributed by atoms with Crippen LogP contribution in [0.5, 0.6) is 0 Å². The van der Waals surface area contributed by atoms with Crippen LogP contribution in [-0.2, 0) is 0 Å². The van der Waals surface area contributed by atoms with E-state index >= 15 is 0 Å². The fourth-order valence-electron chi connectivity index (χ4n) is 2.70. The molecule has 4 nitrogen and oxygen atoms in total. The first kappa shape index (κ1) is 14.6. The number of nitrogen functional groups attached to an aromatic ring is 1. The maximum atomic E-state index is 12.9. The van der Waals surface area contributed by atoms with Gasteiger partial charge in [-0.15, -0.1) is 0 Å². The Morgan fingerprint density at radius 2 is 1.61 bits per heavy atom. The number of ketones is 1. The molecule has 1 heterocycles. The first-order valence-corrected chi connectivity index (χ1v) is 7.21. The Hall–Kier alpha value is -3.32. The van der Waals surface area contributed by atoms with Gasteiger partial charge in [0, 0.05) is 16.9 Å². The maximum Gasteiger partial charge on any atom is 0.211 e. The largest absolute Gasteiger partial charge is 0.396 e. The Morgan fingerprint density at radius 1 is 1.04 bits per heavy atom. The molecular formula is C19H15N3O. The molecule has 0 unspecified atom stereocenters. The highest BCUT2D eigenvalue weighted by Crippen LogP contribution is 2.30. The Labute approximate surface area is 134 Å². The number of hydrogen-bond donors (Lipinski definition) is 1. The van der Waals surface area contributed by atoms with E-state index in [0.29, 0.717) is 22.5 Å². The van der Waals surface area contributed by atoms with Gasteiger partial charge in [-0.1, -0.05) is 48.5 Å². The summed E-state index contributed by atoms with van der Waals surface area (Å²) in [5.41, 5.74) is 9.03. The fourth-order valence-corrected chi connectivity index (χ4v) is 2.70. The second-order valence-electron chi connectivity index (χ2n) is 5.20. The number of nitrogens with two attached hydrogens (primary N) is 1. The van der Waals surface area contributed by atoms with Crippen molar-refractivity contribution < 1.29 is 4.79 Å². The van der Waals surface area contributed by atoms with Gasteiger partial charge in [0.2, 0.25) is 5.78 Å². The average molecular weight is 301 g/mol. The quantitative estimate of drug-likeness (QED) is 0.753. The van der Waals surface area contributed by atoms with Crippen LogP contribution in [-0.4, -0.2) is 10.4 Å². The molecule has 3 aromatic rings. The van der Waals surface area contributed by atoms with Crippen molar-refractivity contribution in [3.05, 3.63) is 83.2 Å². The van der Waals surface area contributed by atoms with Gasteiger partial charge in [0.25, 0.3) is 0 Å². The molecular weight excluding hydrogens is 286 g/mol. The first-order valence-electron chi connectivity index (χ1n) is 7.21. The van der Waals surface area contributed by atoms with E-state index in [1.165, 1.54) is 0 Å². The number of hydrogen-bond acceptors (Lipinski definition) is 3. The lowest BCUT2D eigenvalue weighted by molar-refractivity contribution is 0.103. The predicted molar refractivity (Wildman–Crippen MR) is 89.5 cm³/mol. The lowest BCUT2D eigenvalue weighted by atomic mass is 10.1. The highest BCUT2D eigenvalue weighted by Gasteiger charge is 2.25. The Balaban J connectivity index is 2.29. The number of aromatic nitrogens is 1. The minimum Gasteiger partial charge on any atom is -0.396 e. The highest BCUT2D eigenvalue weighted by molar-refractivity contribution is 6.12. The zero-order chi connectivity index (χ0) is 16.4. The number of nitrogens with zero attached hydrogens (tertiary/aromatic N) is 2. The summed E-state index contributed by atoms with van der Waals surface area (Å²) in [4.78, 5) is 12.9. The van der Waals surface area contributed by atoms with Crippen molar-refractivity contribution in [3.8, 4) is 11.8 Å². The number of benzene rings is 2. The molecule has 0 spiro atoms. The second kappa shape index (κ2) is 5.82. The summed E-state index contributed by atoms with van der Waals surface area (Å²) in [6.45, 7) is 1.80. The molecule has 0 aliphatic rings. The molecule has 0 aliphatic heterocycles.